The van der Waals surface area contributed by atoms with Gasteiger partial charge in [0.1, 0.15) is 0 Å². The van der Waals surface area contributed by atoms with Crippen LogP contribution in [0.5, 0.6) is 0 Å². The van der Waals surface area contributed by atoms with Crippen LogP contribution in [0.2, 0.25) is 0 Å². The van der Waals surface area contributed by atoms with Gasteiger partial charge in [0.25, 0.3) is 0 Å². The molecule has 0 aliphatic rings. The summed E-state index contributed by atoms with van der Waals surface area (Å²) in [7, 11) is 1.89. The smallest absolute Gasteiger partial charge is 0.0724 e. The van der Waals surface area contributed by atoms with Crippen molar-refractivity contribution in [2.45, 2.75) is 20.4 Å². The molecule has 0 aliphatic heterocycles. The maximum Gasteiger partial charge on any atom is 0.0724 e. The van der Waals surface area contributed by atoms with Crippen molar-refractivity contribution in [1.29, 1.82) is 0 Å². The fraction of sp³-hybridized carbons (Fsp3) is 0.308. The van der Waals surface area contributed by atoms with Crippen molar-refractivity contribution in [3.63, 3.8) is 0 Å². The predicted octanol–water partition coefficient (Wildman–Crippen LogP) is 3.00. The van der Waals surface area contributed by atoms with Gasteiger partial charge >= 0.3 is 0 Å². The van der Waals surface area contributed by atoms with Gasteiger partial charge in [0, 0.05) is 13.2 Å². The van der Waals surface area contributed by atoms with E-state index in [1.165, 1.54) is 5.57 Å². The Labute approximate surface area is 97.2 Å². The van der Waals surface area contributed by atoms with E-state index in [1.54, 1.807) is 0 Å². The largest absolute Gasteiger partial charge is 0.386 e. The number of nitrogens with zero attached hydrogens (tertiary/aromatic N) is 2. The lowest BCUT2D eigenvalue weighted by Gasteiger charge is -2.01. The first-order valence-electron chi connectivity index (χ1n) is 5.45. The molecule has 0 atom stereocenters. The molecule has 3 heteroatoms. The lowest BCUT2D eigenvalue weighted by molar-refractivity contribution is 0.686. The second-order valence-corrected chi connectivity index (χ2v) is 3.44. The number of nitrogens with one attached hydrogen (secondary N) is 1. The number of aromatic nitrogens is 2. The molecule has 0 saturated carbocycles. The van der Waals surface area contributed by atoms with Crippen LogP contribution in [0.4, 0.5) is 5.69 Å². The summed E-state index contributed by atoms with van der Waals surface area (Å²) in [4.78, 5) is 0. The van der Waals surface area contributed by atoms with Gasteiger partial charge in [0.05, 0.1) is 18.4 Å². The van der Waals surface area contributed by atoms with Crippen molar-refractivity contribution in [3.05, 3.63) is 48.3 Å². The molecule has 0 unspecified atom stereocenters. The molecule has 0 amide bonds. The summed E-state index contributed by atoms with van der Waals surface area (Å²) < 4.78 is 1.92. The Hall–Kier alpha value is -1.77. The maximum absolute atomic E-state index is 4.27. The highest BCUT2D eigenvalue weighted by molar-refractivity contribution is 5.37. The summed E-state index contributed by atoms with van der Waals surface area (Å²) in [5, 5.41) is 7.33. The van der Waals surface area contributed by atoms with Crippen molar-refractivity contribution in [2.75, 3.05) is 12.4 Å². The normalized spacial score (nSPS) is 12.8. The van der Waals surface area contributed by atoms with Crippen LogP contribution < -0.4 is 5.32 Å². The van der Waals surface area contributed by atoms with E-state index in [0.29, 0.717) is 0 Å². The fourth-order valence-electron chi connectivity index (χ4n) is 1.36. The molecule has 0 aromatic carbocycles. The van der Waals surface area contributed by atoms with Crippen molar-refractivity contribution >= 4 is 5.69 Å². The summed E-state index contributed by atoms with van der Waals surface area (Å²) in [6.45, 7) is 4.82. The molecule has 1 N–H and O–H groups in total. The standard InChI is InChI=1S/C13H19N3/c1-4-6-8-12(7-5-2)10-16-11-13(14-3)9-15-16/h4-9,11,14H,10H2,1-3H3/b6-4-,7-5-,12-8+. The first kappa shape index (κ1) is 12.3. The Bertz CT molecular complexity index is 397. The van der Waals surface area contributed by atoms with Crippen LogP contribution in [0.3, 0.4) is 0 Å². The number of allylic oxidation sites excluding steroid dienone is 6. The average Bonchev–Trinajstić information content (AvgIpc) is 2.74. The number of rotatable bonds is 5. The Morgan fingerprint density at radius 3 is 2.81 bits per heavy atom. The predicted molar refractivity (Wildman–Crippen MR) is 69.5 cm³/mol. The zero-order valence-corrected chi connectivity index (χ0v) is 10.1. The van der Waals surface area contributed by atoms with Gasteiger partial charge in [0.15, 0.2) is 0 Å². The molecule has 1 aromatic heterocycles. The lowest BCUT2D eigenvalue weighted by atomic mass is 10.2. The van der Waals surface area contributed by atoms with Gasteiger partial charge in [-0.2, -0.15) is 5.10 Å². The molecule has 0 aliphatic carbocycles. The molecule has 16 heavy (non-hydrogen) atoms. The van der Waals surface area contributed by atoms with E-state index in [2.05, 4.69) is 22.6 Å². The molecule has 0 spiro atoms. The van der Waals surface area contributed by atoms with E-state index in [-0.39, 0.29) is 0 Å². The zero-order valence-electron chi connectivity index (χ0n) is 10.1. The maximum atomic E-state index is 4.27. The molecule has 1 aromatic rings. The lowest BCUT2D eigenvalue weighted by Crippen LogP contribution is -1.99. The van der Waals surface area contributed by atoms with Crippen molar-refractivity contribution in [2.24, 2.45) is 0 Å². The van der Waals surface area contributed by atoms with Crippen LogP contribution in [0.1, 0.15) is 13.8 Å². The quantitative estimate of drug-likeness (QED) is 0.768. The highest BCUT2D eigenvalue weighted by Crippen LogP contribution is 2.07. The molecule has 86 valence electrons. The van der Waals surface area contributed by atoms with Crippen molar-refractivity contribution < 1.29 is 0 Å². The number of hydrogen-bond donors (Lipinski definition) is 1. The van der Waals surface area contributed by atoms with Gasteiger partial charge in [0.2, 0.25) is 0 Å². The highest BCUT2D eigenvalue weighted by atomic mass is 15.3. The Kier molecular flexibility index (Phi) is 5.12. The van der Waals surface area contributed by atoms with Crippen LogP contribution in [0.15, 0.2) is 48.3 Å². The average molecular weight is 217 g/mol. The molecule has 0 fully saturated rings. The summed E-state index contributed by atoms with van der Waals surface area (Å²) >= 11 is 0. The SMILES string of the molecule is C\C=C/C=C(\C=C/C)Cn1cc(NC)cn1. The molecular formula is C13H19N3. The van der Waals surface area contributed by atoms with Gasteiger partial charge in [-0.05, 0) is 19.4 Å². The van der Waals surface area contributed by atoms with Crippen molar-refractivity contribution in [3.8, 4) is 0 Å². The number of hydrogen-bond acceptors (Lipinski definition) is 2. The van der Waals surface area contributed by atoms with Gasteiger partial charge in [-0.1, -0.05) is 30.4 Å². The van der Waals surface area contributed by atoms with Crippen molar-refractivity contribution in [1.82, 2.24) is 9.78 Å². The molecular weight excluding hydrogens is 198 g/mol. The summed E-state index contributed by atoms with van der Waals surface area (Å²) in [6, 6.07) is 0. The van der Waals surface area contributed by atoms with E-state index in [0.717, 1.165) is 12.2 Å². The fourth-order valence-corrected chi connectivity index (χ4v) is 1.36. The first-order chi connectivity index (χ1) is 7.80. The Morgan fingerprint density at radius 2 is 2.25 bits per heavy atom. The minimum atomic E-state index is 0.788. The van der Waals surface area contributed by atoms with Crippen LogP contribution >= 0.6 is 0 Å². The van der Waals surface area contributed by atoms with Crippen LogP contribution in [-0.2, 0) is 6.54 Å². The Balaban J connectivity index is 2.75. The Morgan fingerprint density at radius 1 is 1.44 bits per heavy atom. The van der Waals surface area contributed by atoms with E-state index >= 15 is 0 Å². The van der Waals surface area contributed by atoms with Gasteiger partial charge in [-0.25, -0.2) is 0 Å². The zero-order chi connectivity index (χ0) is 11.8. The second-order valence-electron chi connectivity index (χ2n) is 3.44. The topological polar surface area (TPSA) is 29.9 Å². The van der Waals surface area contributed by atoms with Crippen LogP contribution in [0, 0.1) is 0 Å². The third-order valence-corrected chi connectivity index (χ3v) is 2.15. The molecule has 0 bridgehead atoms. The molecule has 1 rings (SSSR count). The van der Waals surface area contributed by atoms with Gasteiger partial charge < -0.3 is 5.32 Å². The van der Waals surface area contributed by atoms with E-state index in [9.17, 15) is 0 Å². The third-order valence-electron chi connectivity index (χ3n) is 2.15. The van der Waals surface area contributed by atoms with E-state index in [4.69, 9.17) is 0 Å². The molecule has 0 saturated heterocycles. The minimum absolute atomic E-state index is 0.788. The highest BCUT2D eigenvalue weighted by Gasteiger charge is 1.97. The molecule has 3 nitrogen and oxygen atoms in total. The van der Waals surface area contributed by atoms with E-state index < -0.39 is 0 Å². The second kappa shape index (κ2) is 6.67. The number of anilines is 1. The molecule has 1 heterocycles. The van der Waals surface area contributed by atoms with Gasteiger partial charge in [-0.3, -0.25) is 4.68 Å². The summed E-state index contributed by atoms with van der Waals surface area (Å²) in [5.74, 6) is 0. The van der Waals surface area contributed by atoms with Crippen LogP contribution in [-0.4, -0.2) is 16.8 Å². The van der Waals surface area contributed by atoms with E-state index in [1.807, 2.05) is 56.2 Å². The van der Waals surface area contributed by atoms with Gasteiger partial charge in [-0.15, -0.1) is 0 Å². The summed E-state index contributed by atoms with van der Waals surface area (Å²) in [6.07, 6.45) is 14.1. The van der Waals surface area contributed by atoms with Crippen LogP contribution in [0.25, 0.3) is 0 Å². The molecule has 0 radical (unpaired) electrons. The third kappa shape index (κ3) is 3.77. The first-order valence-corrected chi connectivity index (χ1v) is 5.45. The monoisotopic (exact) mass is 217 g/mol. The minimum Gasteiger partial charge on any atom is -0.386 e. The summed E-state index contributed by atoms with van der Waals surface area (Å²) in [5.41, 5.74) is 2.26.